The Morgan fingerprint density at radius 1 is 0.917 bits per heavy atom. The average molecular weight is 316 g/mol. The van der Waals surface area contributed by atoms with E-state index in [4.69, 9.17) is 5.73 Å². The zero-order chi connectivity index (χ0) is 16.8. The maximum Gasteiger partial charge on any atom is 0.279 e. The summed E-state index contributed by atoms with van der Waals surface area (Å²) in [5, 5.41) is 10.1. The van der Waals surface area contributed by atoms with Crippen molar-refractivity contribution in [3.8, 4) is 6.07 Å². The molecule has 0 saturated heterocycles. The summed E-state index contributed by atoms with van der Waals surface area (Å²) in [7, 11) is 0. The predicted molar refractivity (Wildman–Crippen MR) is 90.1 cm³/mol. The molecule has 0 spiro atoms. The van der Waals surface area contributed by atoms with E-state index in [1.165, 1.54) is 4.68 Å². The second-order valence-electron chi connectivity index (χ2n) is 5.54. The van der Waals surface area contributed by atoms with E-state index in [1.54, 1.807) is 36.4 Å². The second-order valence-corrected chi connectivity index (χ2v) is 5.54. The Balaban J connectivity index is 2.19. The van der Waals surface area contributed by atoms with E-state index in [-0.39, 0.29) is 22.3 Å². The van der Waals surface area contributed by atoms with Gasteiger partial charge in [-0.15, -0.1) is 0 Å². The first kappa shape index (κ1) is 14.0. The van der Waals surface area contributed by atoms with Crippen LogP contribution >= 0.6 is 0 Å². The second kappa shape index (κ2) is 4.96. The van der Waals surface area contributed by atoms with Gasteiger partial charge < -0.3 is 5.73 Å². The lowest BCUT2D eigenvalue weighted by Crippen LogP contribution is -2.38. The fourth-order valence-corrected chi connectivity index (χ4v) is 3.18. The fourth-order valence-electron chi connectivity index (χ4n) is 3.18. The van der Waals surface area contributed by atoms with Crippen molar-refractivity contribution in [3.05, 3.63) is 86.4 Å². The third-order valence-corrected chi connectivity index (χ3v) is 4.26. The van der Waals surface area contributed by atoms with Crippen LogP contribution in [-0.2, 0) is 0 Å². The average Bonchev–Trinajstić information content (AvgIpc) is 2.93. The van der Waals surface area contributed by atoms with E-state index in [0.29, 0.717) is 5.39 Å². The number of allylic oxidation sites excluding steroid dienone is 1. The number of hydrogen-bond acceptors (Lipinski definition) is 4. The van der Waals surface area contributed by atoms with E-state index in [0.717, 1.165) is 10.2 Å². The fraction of sp³-hybridized carbons (Fsp3) is 0.0556. The van der Waals surface area contributed by atoms with Crippen molar-refractivity contribution >= 4 is 16.6 Å². The van der Waals surface area contributed by atoms with Crippen LogP contribution in [0.3, 0.4) is 0 Å². The molecule has 1 aromatic heterocycles. The molecule has 0 aliphatic carbocycles. The molecule has 4 rings (SSSR count). The Morgan fingerprint density at radius 3 is 2.12 bits per heavy atom. The molecule has 6 heteroatoms. The van der Waals surface area contributed by atoms with Gasteiger partial charge in [0.05, 0.1) is 10.8 Å². The van der Waals surface area contributed by atoms with Gasteiger partial charge in [-0.1, -0.05) is 42.5 Å². The molecule has 2 aromatic carbocycles. The monoisotopic (exact) mass is 316 g/mol. The molecule has 6 nitrogen and oxygen atoms in total. The first-order valence-corrected chi connectivity index (χ1v) is 7.36. The molecular weight excluding hydrogens is 304 g/mol. The Hall–Kier alpha value is -3.59. The Bertz CT molecular complexity index is 1160. The van der Waals surface area contributed by atoms with Gasteiger partial charge in [0.2, 0.25) is 0 Å². The Labute approximate surface area is 136 Å². The highest BCUT2D eigenvalue weighted by atomic mass is 16.2. The SMILES string of the molecule is N#CC1=C(N)n2c(=O)c3ccccc3c(=O)n2C1c1ccccc1. The topological polar surface area (TPSA) is 93.8 Å². The smallest absolute Gasteiger partial charge is 0.279 e. The summed E-state index contributed by atoms with van der Waals surface area (Å²) in [5.41, 5.74) is 6.20. The van der Waals surface area contributed by atoms with Crippen LogP contribution in [0.15, 0.2) is 69.8 Å². The summed E-state index contributed by atoms with van der Waals surface area (Å²) in [6, 6.07) is 17.0. The normalized spacial score (nSPS) is 16.2. The number of rotatable bonds is 1. The highest BCUT2D eigenvalue weighted by Gasteiger charge is 2.34. The molecule has 1 unspecified atom stereocenters. The maximum atomic E-state index is 13.0. The quantitative estimate of drug-likeness (QED) is 0.734. The lowest BCUT2D eigenvalue weighted by Gasteiger charge is -2.16. The van der Waals surface area contributed by atoms with Crippen molar-refractivity contribution in [2.45, 2.75) is 6.04 Å². The van der Waals surface area contributed by atoms with E-state index < -0.39 is 11.6 Å². The molecule has 0 amide bonds. The summed E-state index contributed by atoms with van der Waals surface area (Å²) < 4.78 is 2.38. The molecule has 24 heavy (non-hydrogen) atoms. The lowest BCUT2D eigenvalue weighted by molar-refractivity contribution is 0.539. The minimum atomic E-state index is -0.707. The standard InChI is InChI=1S/C18H12N4O2/c19-10-14-15(11-6-2-1-3-7-11)21-17(23)12-8-4-5-9-13(12)18(24)22(21)16(14)20/h1-9,15H,20H2. The van der Waals surface area contributed by atoms with Crippen molar-refractivity contribution in [1.82, 2.24) is 9.36 Å². The molecular formula is C18H12N4O2. The third kappa shape index (κ3) is 1.69. The minimum Gasteiger partial charge on any atom is -0.383 e. The lowest BCUT2D eigenvalue weighted by atomic mass is 10.0. The van der Waals surface area contributed by atoms with Gasteiger partial charge in [-0.3, -0.25) is 9.59 Å². The minimum absolute atomic E-state index is 0.000735. The first-order chi connectivity index (χ1) is 11.6. The summed E-state index contributed by atoms with van der Waals surface area (Å²) in [4.78, 5) is 25.8. The summed E-state index contributed by atoms with van der Waals surface area (Å²) in [5.74, 6) is -0.000735. The van der Waals surface area contributed by atoms with E-state index >= 15 is 0 Å². The van der Waals surface area contributed by atoms with Crippen molar-refractivity contribution in [2.24, 2.45) is 5.73 Å². The van der Waals surface area contributed by atoms with E-state index in [1.807, 2.05) is 18.2 Å². The van der Waals surface area contributed by atoms with Crippen molar-refractivity contribution in [2.75, 3.05) is 0 Å². The van der Waals surface area contributed by atoms with Crippen molar-refractivity contribution in [3.63, 3.8) is 0 Å². The van der Waals surface area contributed by atoms with E-state index in [9.17, 15) is 14.9 Å². The largest absolute Gasteiger partial charge is 0.383 e. The molecule has 0 radical (unpaired) electrons. The van der Waals surface area contributed by atoms with Gasteiger partial charge >= 0.3 is 0 Å². The number of aromatic nitrogens is 2. The maximum absolute atomic E-state index is 13.0. The summed E-state index contributed by atoms with van der Waals surface area (Å²) >= 11 is 0. The summed E-state index contributed by atoms with van der Waals surface area (Å²) in [6.45, 7) is 0. The number of fused-ring (bicyclic) bond motifs is 2. The van der Waals surface area contributed by atoms with Crippen LogP contribution in [0.1, 0.15) is 11.6 Å². The molecule has 3 aromatic rings. The highest BCUT2D eigenvalue weighted by molar-refractivity contribution is 5.81. The van der Waals surface area contributed by atoms with Crippen LogP contribution < -0.4 is 16.9 Å². The zero-order valence-electron chi connectivity index (χ0n) is 12.5. The van der Waals surface area contributed by atoms with Crippen molar-refractivity contribution in [1.29, 1.82) is 5.26 Å². The number of nitrogens with zero attached hydrogens (tertiary/aromatic N) is 3. The van der Waals surface area contributed by atoms with Crippen LogP contribution in [0, 0.1) is 11.3 Å². The Morgan fingerprint density at radius 2 is 1.50 bits per heavy atom. The van der Waals surface area contributed by atoms with Gasteiger partial charge in [-0.2, -0.15) is 9.94 Å². The van der Waals surface area contributed by atoms with Gasteiger partial charge in [0.1, 0.15) is 23.5 Å². The van der Waals surface area contributed by atoms with E-state index in [2.05, 4.69) is 6.07 Å². The zero-order valence-corrected chi connectivity index (χ0v) is 12.5. The number of nitriles is 1. The number of benzene rings is 2. The molecule has 0 saturated carbocycles. The van der Waals surface area contributed by atoms with Crippen LogP contribution in [0.25, 0.3) is 16.6 Å². The first-order valence-electron chi connectivity index (χ1n) is 7.36. The third-order valence-electron chi connectivity index (χ3n) is 4.26. The molecule has 2 heterocycles. The molecule has 1 aliphatic rings. The van der Waals surface area contributed by atoms with Gasteiger partial charge in [-0.05, 0) is 17.7 Å². The predicted octanol–water partition coefficient (Wildman–Crippen LogP) is 1.42. The molecule has 1 aliphatic heterocycles. The van der Waals surface area contributed by atoms with Gasteiger partial charge in [0, 0.05) is 0 Å². The van der Waals surface area contributed by atoms with Crippen LogP contribution in [-0.4, -0.2) is 9.36 Å². The Kier molecular flexibility index (Phi) is 2.90. The molecule has 0 fully saturated rings. The molecule has 116 valence electrons. The molecule has 1 atom stereocenters. The number of hydrogen-bond donors (Lipinski definition) is 1. The van der Waals surface area contributed by atoms with Crippen LogP contribution in [0.5, 0.6) is 0 Å². The summed E-state index contributed by atoms with van der Waals surface area (Å²) in [6.07, 6.45) is 0. The van der Waals surface area contributed by atoms with Gasteiger partial charge in [0.25, 0.3) is 11.1 Å². The van der Waals surface area contributed by atoms with Crippen LogP contribution in [0.2, 0.25) is 0 Å². The number of nitrogens with two attached hydrogens (primary N) is 1. The van der Waals surface area contributed by atoms with Gasteiger partial charge in [0.15, 0.2) is 0 Å². The highest BCUT2D eigenvalue weighted by Crippen LogP contribution is 2.32. The molecule has 0 bridgehead atoms. The van der Waals surface area contributed by atoms with Gasteiger partial charge in [-0.25, -0.2) is 4.68 Å². The molecule has 2 N–H and O–H groups in total. The van der Waals surface area contributed by atoms with Crippen LogP contribution in [0.4, 0.5) is 0 Å². The van der Waals surface area contributed by atoms with Crippen molar-refractivity contribution < 1.29 is 0 Å².